The smallest absolute Gasteiger partial charge is 0.237 e. The topological polar surface area (TPSA) is 105 Å². The number of hydrogen-bond donors (Lipinski definition) is 4. The third kappa shape index (κ3) is 5.23. The van der Waals surface area contributed by atoms with E-state index >= 15 is 0 Å². The molecule has 0 radical (unpaired) electrons. The normalized spacial score (nSPS) is 11.7. The molecule has 2 aromatic rings. The number of nitrogens with one attached hydrogen (secondary N) is 2. The predicted octanol–water partition coefficient (Wildman–Crippen LogP) is 1.55. The summed E-state index contributed by atoms with van der Waals surface area (Å²) in [7, 11) is 0. The van der Waals surface area contributed by atoms with Crippen molar-refractivity contribution in [3.8, 4) is 0 Å². The number of carbonyl (C=O) groups excluding carboxylic acids is 1. The lowest BCUT2D eigenvalue weighted by molar-refractivity contribution is -0.122. The molecule has 0 spiro atoms. The van der Waals surface area contributed by atoms with Crippen molar-refractivity contribution in [3.05, 3.63) is 71.3 Å². The number of nitrogens with two attached hydrogens (primary N) is 2. The summed E-state index contributed by atoms with van der Waals surface area (Å²) < 4.78 is 0. The molecule has 0 aliphatic rings. The Bertz CT molecular complexity index is 652. The van der Waals surface area contributed by atoms with Gasteiger partial charge in [-0.05, 0) is 24.0 Å². The van der Waals surface area contributed by atoms with Crippen LogP contribution in [0.1, 0.15) is 23.1 Å². The van der Waals surface area contributed by atoms with Crippen molar-refractivity contribution in [2.45, 2.75) is 25.4 Å². The second kappa shape index (κ2) is 8.10. The van der Waals surface area contributed by atoms with Crippen molar-refractivity contribution in [3.63, 3.8) is 0 Å². The molecule has 0 fully saturated rings. The molecule has 0 heterocycles. The summed E-state index contributed by atoms with van der Waals surface area (Å²) >= 11 is 0. The minimum absolute atomic E-state index is 0.0310. The van der Waals surface area contributed by atoms with E-state index in [9.17, 15) is 4.79 Å². The lowest BCUT2D eigenvalue weighted by atomic mass is 10.1. The SMILES string of the molecule is N=C(N)c1ccc(CNC(=O)[C@H](N)CCc2ccccc2)cc1. The minimum Gasteiger partial charge on any atom is -0.384 e. The quantitative estimate of drug-likeness (QED) is 0.460. The largest absolute Gasteiger partial charge is 0.384 e. The average Bonchev–Trinajstić information content (AvgIpc) is 2.58. The first-order valence-corrected chi connectivity index (χ1v) is 7.57. The molecule has 0 unspecified atom stereocenters. The molecule has 6 N–H and O–H groups in total. The van der Waals surface area contributed by atoms with Gasteiger partial charge in [0.2, 0.25) is 5.91 Å². The Morgan fingerprint density at radius 2 is 1.70 bits per heavy atom. The number of rotatable bonds is 7. The van der Waals surface area contributed by atoms with Gasteiger partial charge in [0.05, 0.1) is 6.04 Å². The molecule has 0 saturated heterocycles. The van der Waals surface area contributed by atoms with Crippen molar-refractivity contribution in [1.82, 2.24) is 5.32 Å². The molecule has 0 aliphatic carbocycles. The zero-order chi connectivity index (χ0) is 16.7. The van der Waals surface area contributed by atoms with Crippen LogP contribution in [0.4, 0.5) is 0 Å². The fourth-order valence-electron chi connectivity index (χ4n) is 2.22. The van der Waals surface area contributed by atoms with Gasteiger partial charge < -0.3 is 16.8 Å². The summed E-state index contributed by atoms with van der Waals surface area (Å²) in [6.45, 7) is 0.413. The van der Waals surface area contributed by atoms with Crippen molar-refractivity contribution < 1.29 is 4.79 Å². The van der Waals surface area contributed by atoms with Crippen LogP contribution in [0, 0.1) is 5.41 Å². The van der Waals surface area contributed by atoms with E-state index < -0.39 is 6.04 Å². The Kier molecular flexibility index (Phi) is 5.88. The maximum atomic E-state index is 12.0. The van der Waals surface area contributed by atoms with Crippen LogP contribution >= 0.6 is 0 Å². The second-order valence-electron chi connectivity index (χ2n) is 5.46. The average molecular weight is 310 g/mol. The van der Waals surface area contributed by atoms with E-state index in [4.69, 9.17) is 16.9 Å². The highest BCUT2D eigenvalue weighted by molar-refractivity contribution is 5.94. The van der Waals surface area contributed by atoms with Crippen molar-refractivity contribution in [2.24, 2.45) is 11.5 Å². The summed E-state index contributed by atoms with van der Waals surface area (Å²) in [5.74, 6) is -0.125. The molecule has 1 atom stereocenters. The van der Waals surface area contributed by atoms with Gasteiger partial charge in [0, 0.05) is 12.1 Å². The van der Waals surface area contributed by atoms with Crippen LogP contribution in [0.3, 0.4) is 0 Å². The van der Waals surface area contributed by atoms with Gasteiger partial charge in [-0.15, -0.1) is 0 Å². The van der Waals surface area contributed by atoms with Gasteiger partial charge in [-0.1, -0.05) is 54.6 Å². The van der Waals surface area contributed by atoms with Gasteiger partial charge in [-0.2, -0.15) is 0 Å². The van der Waals surface area contributed by atoms with E-state index in [2.05, 4.69) is 5.32 Å². The molecule has 5 heteroatoms. The fourth-order valence-corrected chi connectivity index (χ4v) is 2.22. The van der Waals surface area contributed by atoms with Gasteiger partial charge in [0.1, 0.15) is 5.84 Å². The summed E-state index contributed by atoms with van der Waals surface area (Å²) in [6, 6.07) is 16.7. The first-order valence-electron chi connectivity index (χ1n) is 7.57. The standard InChI is InChI=1S/C18H22N4O/c19-16(11-8-13-4-2-1-3-5-13)18(23)22-12-14-6-9-15(10-7-14)17(20)21/h1-7,9-10,16H,8,11-12,19H2,(H3,20,21)(H,22,23)/t16-/m1/s1. The van der Waals surface area contributed by atoms with Crippen molar-refractivity contribution in [2.75, 3.05) is 0 Å². The summed E-state index contributed by atoms with van der Waals surface area (Å²) in [6.07, 6.45) is 1.39. The van der Waals surface area contributed by atoms with Crippen molar-refractivity contribution >= 4 is 11.7 Å². The van der Waals surface area contributed by atoms with Gasteiger partial charge >= 0.3 is 0 Å². The van der Waals surface area contributed by atoms with Crippen LogP contribution in [0.15, 0.2) is 54.6 Å². The Balaban J connectivity index is 1.78. The Labute approximate surface area is 136 Å². The number of benzene rings is 2. The zero-order valence-corrected chi connectivity index (χ0v) is 13.0. The molecule has 0 saturated carbocycles. The number of amides is 1. The molecular weight excluding hydrogens is 288 g/mol. The molecule has 0 aliphatic heterocycles. The maximum absolute atomic E-state index is 12.0. The molecule has 0 aromatic heterocycles. The second-order valence-corrected chi connectivity index (χ2v) is 5.46. The van der Waals surface area contributed by atoms with Gasteiger partial charge in [-0.25, -0.2) is 0 Å². The Hall–Kier alpha value is -2.66. The lowest BCUT2D eigenvalue weighted by Gasteiger charge is -2.12. The highest BCUT2D eigenvalue weighted by atomic mass is 16.2. The van der Waals surface area contributed by atoms with Crippen LogP contribution in [0.25, 0.3) is 0 Å². The van der Waals surface area contributed by atoms with E-state index in [-0.39, 0.29) is 11.7 Å². The molecule has 5 nitrogen and oxygen atoms in total. The van der Waals surface area contributed by atoms with Gasteiger partial charge in [0.25, 0.3) is 0 Å². The number of hydrogen-bond acceptors (Lipinski definition) is 3. The highest BCUT2D eigenvalue weighted by Gasteiger charge is 2.12. The van der Waals surface area contributed by atoms with E-state index in [1.165, 1.54) is 5.56 Å². The molecule has 120 valence electrons. The van der Waals surface area contributed by atoms with Gasteiger partial charge in [0.15, 0.2) is 0 Å². The number of amidine groups is 1. The maximum Gasteiger partial charge on any atom is 0.237 e. The van der Waals surface area contributed by atoms with Crippen LogP contribution in [-0.4, -0.2) is 17.8 Å². The third-order valence-corrected chi connectivity index (χ3v) is 3.66. The number of aryl methyl sites for hydroxylation is 1. The van der Waals surface area contributed by atoms with Crippen LogP contribution in [-0.2, 0) is 17.8 Å². The fraction of sp³-hybridized carbons (Fsp3) is 0.222. The van der Waals surface area contributed by atoms with E-state index in [0.717, 1.165) is 12.0 Å². The van der Waals surface area contributed by atoms with E-state index in [0.29, 0.717) is 18.5 Å². The van der Waals surface area contributed by atoms with Crippen LogP contribution in [0.2, 0.25) is 0 Å². The summed E-state index contributed by atoms with van der Waals surface area (Å²) in [4.78, 5) is 12.0. The third-order valence-electron chi connectivity index (χ3n) is 3.66. The monoisotopic (exact) mass is 310 g/mol. The zero-order valence-electron chi connectivity index (χ0n) is 13.0. The van der Waals surface area contributed by atoms with Crippen LogP contribution in [0.5, 0.6) is 0 Å². The molecule has 2 rings (SSSR count). The summed E-state index contributed by atoms with van der Waals surface area (Å²) in [5, 5.41) is 10.2. The predicted molar refractivity (Wildman–Crippen MR) is 92.0 cm³/mol. The Morgan fingerprint density at radius 1 is 1.04 bits per heavy atom. The molecular formula is C18H22N4O. The molecule has 2 aromatic carbocycles. The highest BCUT2D eigenvalue weighted by Crippen LogP contribution is 2.06. The van der Waals surface area contributed by atoms with Crippen LogP contribution < -0.4 is 16.8 Å². The lowest BCUT2D eigenvalue weighted by Crippen LogP contribution is -2.40. The van der Waals surface area contributed by atoms with E-state index in [1.807, 2.05) is 42.5 Å². The Morgan fingerprint density at radius 3 is 2.30 bits per heavy atom. The van der Waals surface area contributed by atoms with E-state index in [1.54, 1.807) is 12.1 Å². The molecule has 23 heavy (non-hydrogen) atoms. The minimum atomic E-state index is -0.522. The molecule has 0 bridgehead atoms. The number of nitrogen functional groups attached to an aromatic ring is 1. The van der Waals surface area contributed by atoms with Crippen molar-refractivity contribution in [1.29, 1.82) is 5.41 Å². The first-order chi connectivity index (χ1) is 11.1. The number of carbonyl (C=O) groups is 1. The molecule has 1 amide bonds. The van der Waals surface area contributed by atoms with Gasteiger partial charge in [-0.3, -0.25) is 10.2 Å². The first kappa shape index (κ1) is 16.7. The summed E-state index contributed by atoms with van der Waals surface area (Å²) in [5.41, 5.74) is 14.1.